The number of carbonyl (C=O) groups excluding carboxylic acids is 5. The molecule has 85 heavy (non-hydrogen) atoms. The van der Waals surface area contributed by atoms with Gasteiger partial charge >= 0.3 is 18.1 Å². The molecule has 0 radical (unpaired) electrons. The Morgan fingerprint density at radius 3 is 2.34 bits per heavy atom. The molecule has 444 valence electrons. The Morgan fingerprint density at radius 2 is 1.64 bits per heavy atom. The van der Waals surface area contributed by atoms with Crippen LogP contribution in [0.25, 0.3) is 43.4 Å². The van der Waals surface area contributed by atoms with E-state index in [1.807, 2.05) is 54.1 Å². The molecule has 11 rings (SSSR count). The van der Waals surface area contributed by atoms with Crippen LogP contribution in [0.2, 0.25) is 0 Å². The lowest BCUT2D eigenvalue weighted by atomic mass is 9.39. The number of nitrogens with zero attached hydrogens (tertiary/aromatic N) is 6. The molecule has 4 aromatic heterocycles. The Hall–Kier alpha value is -8.60. The summed E-state index contributed by atoms with van der Waals surface area (Å²) in [4.78, 5) is 92.8. The van der Waals surface area contributed by atoms with Crippen LogP contribution in [-0.4, -0.2) is 122 Å². The van der Waals surface area contributed by atoms with Crippen molar-refractivity contribution in [3.05, 3.63) is 132 Å². The summed E-state index contributed by atoms with van der Waals surface area (Å²) >= 11 is 1.38. The molecule has 4 saturated carbocycles. The summed E-state index contributed by atoms with van der Waals surface area (Å²) in [7, 11) is 3.31. The summed E-state index contributed by atoms with van der Waals surface area (Å²) in [5, 5.41) is 31.4. The molecule has 4 atom stereocenters. The van der Waals surface area contributed by atoms with Crippen LogP contribution in [0.1, 0.15) is 104 Å². The second-order valence-electron chi connectivity index (χ2n) is 24.2. The number of likely N-dealkylation sites (N-methyl/N-ethyl adjacent to an activating group) is 2. The van der Waals surface area contributed by atoms with E-state index in [2.05, 4.69) is 57.0 Å². The molecule has 21 nitrogen and oxygen atoms in total. The number of urea groups is 1. The molecule has 7 aromatic rings. The molecule has 4 heterocycles. The maximum Gasteiger partial charge on any atom is 0.409 e. The summed E-state index contributed by atoms with van der Waals surface area (Å²) in [5.74, 6) is -2.40. The Labute approximate surface area is 496 Å². The molecular formula is C63H72N12O9S. The summed E-state index contributed by atoms with van der Waals surface area (Å²) in [5.41, 5.74) is 10.5. The third kappa shape index (κ3) is 13.2. The van der Waals surface area contributed by atoms with Crippen molar-refractivity contribution in [3.63, 3.8) is 0 Å². The van der Waals surface area contributed by atoms with Crippen LogP contribution in [0.3, 0.4) is 0 Å². The molecule has 0 spiro atoms. The van der Waals surface area contributed by atoms with Gasteiger partial charge in [-0.1, -0.05) is 73.7 Å². The second kappa shape index (κ2) is 24.2. The number of carboxylic acid groups (broad SMARTS) is 1. The first-order valence-corrected chi connectivity index (χ1v) is 29.3. The lowest BCUT2D eigenvalue weighted by Crippen LogP contribution is -2.64. The fraction of sp³-hybridized carbons (Fsp3) is 0.397. The summed E-state index contributed by atoms with van der Waals surface area (Å²) < 4.78 is 15.6. The molecule has 6 amide bonds. The number of ether oxygens (including phenoxy) is 2. The molecule has 3 aromatic carbocycles. The van der Waals surface area contributed by atoms with Crippen LogP contribution < -0.4 is 32.3 Å². The van der Waals surface area contributed by atoms with Crippen molar-refractivity contribution < 1.29 is 43.3 Å². The van der Waals surface area contributed by atoms with Crippen LogP contribution in [0.4, 0.5) is 20.4 Å². The predicted octanol–water partition coefficient (Wildman–Crippen LogP) is 9.47. The number of fused-ring (bicyclic) bond motifs is 2. The number of primary amides is 1. The Bertz CT molecular complexity index is 3700. The molecule has 4 fully saturated rings. The number of aromatic carboxylic acids is 1. The minimum absolute atomic E-state index is 0.00605. The molecular weight excluding hydrogens is 1100 g/mol. The van der Waals surface area contributed by atoms with E-state index in [0.717, 1.165) is 59.8 Å². The zero-order chi connectivity index (χ0) is 60.4. The first-order valence-electron chi connectivity index (χ1n) is 28.4. The van der Waals surface area contributed by atoms with Gasteiger partial charge in [0.1, 0.15) is 18.7 Å². The highest BCUT2D eigenvalue weighted by Crippen LogP contribution is 2.72. The molecule has 0 aliphatic heterocycles. The van der Waals surface area contributed by atoms with Crippen molar-refractivity contribution in [3.8, 4) is 22.4 Å². The predicted molar refractivity (Wildman–Crippen MR) is 325 cm³/mol. The lowest BCUT2D eigenvalue weighted by Gasteiger charge is -2.69. The smallest absolute Gasteiger partial charge is 0.409 e. The van der Waals surface area contributed by atoms with Gasteiger partial charge in [0.05, 0.1) is 39.9 Å². The number of hydrogen-bond donors (Lipinski definition) is 7. The SMILES string of the molecule is C=C(C)[C@H](NC)C(=O)N[C@@H](CCCNC(N)=O)C(=O)Nc1ccc(COC(=O)N(C)CCOC23CC4(C)CC(C)(CC(Cn5ncc(-c6ccc(-c7ccc8cncc(C(=O)Nc9nc%10ccccc%10s9)c8c7)nc6C(=O)O)c5C)(C4)C2)C3)cc1. The van der Waals surface area contributed by atoms with Crippen LogP contribution in [0.5, 0.6) is 0 Å². The van der Waals surface area contributed by atoms with E-state index < -0.39 is 47.6 Å². The van der Waals surface area contributed by atoms with Gasteiger partial charge in [-0.2, -0.15) is 5.10 Å². The number of pyridine rings is 2. The van der Waals surface area contributed by atoms with Crippen molar-refractivity contribution in [2.75, 3.05) is 44.4 Å². The van der Waals surface area contributed by atoms with Crippen LogP contribution >= 0.6 is 11.3 Å². The zero-order valence-corrected chi connectivity index (χ0v) is 49.5. The maximum absolute atomic E-state index is 13.7. The van der Waals surface area contributed by atoms with E-state index in [9.17, 15) is 33.9 Å². The average molecular weight is 1170 g/mol. The summed E-state index contributed by atoms with van der Waals surface area (Å²) in [6, 6.07) is 21.3. The van der Waals surface area contributed by atoms with E-state index in [4.69, 9.17) is 25.3 Å². The van der Waals surface area contributed by atoms with Crippen molar-refractivity contribution in [2.45, 2.75) is 110 Å². The summed E-state index contributed by atoms with van der Waals surface area (Å²) in [6.45, 7) is 13.8. The van der Waals surface area contributed by atoms with E-state index in [1.165, 1.54) is 22.4 Å². The lowest BCUT2D eigenvalue weighted by molar-refractivity contribution is -0.248. The number of hydrogen-bond acceptors (Lipinski definition) is 14. The highest BCUT2D eigenvalue weighted by molar-refractivity contribution is 7.22. The number of carbonyl (C=O) groups is 6. The van der Waals surface area contributed by atoms with Crippen LogP contribution in [0, 0.1) is 23.2 Å². The molecule has 4 bridgehead atoms. The number of aromatic nitrogens is 5. The molecule has 22 heteroatoms. The fourth-order valence-corrected chi connectivity index (χ4v) is 15.1. The third-order valence-corrected chi connectivity index (χ3v) is 17.8. The Morgan fingerprint density at radius 1 is 0.882 bits per heavy atom. The third-order valence-electron chi connectivity index (χ3n) is 16.8. The molecule has 4 aliphatic rings. The van der Waals surface area contributed by atoms with Crippen molar-refractivity contribution in [1.82, 2.24) is 45.6 Å². The van der Waals surface area contributed by atoms with E-state index in [-0.39, 0.29) is 47.4 Å². The maximum atomic E-state index is 13.7. The first kappa shape index (κ1) is 59.6. The largest absolute Gasteiger partial charge is 0.476 e. The Kier molecular flexibility index (Phi) is 16.9. The van der Waals surface area contributed by atoms with Crippen LogP contribution in [-0.2, 0) is 32.2 Å². The number of rotatable bonds is 23. The van der Waals surface area contributed by atoms with Gasteiger partial charge in [-0.25, -0.2) is 24.4 Å². The number of thiazole rings is 1. The minimum atomic E-state index is -1.18. The first-order chi connectivity index (χ1) is 40.5. The number of benzene rings is 3. The van der Waals surface area contributed by atoms with E-state index >= 15 is 0 Å². The van der Waals surface area contributed by atoms with Crippen molar-refractivity contribution >= 4 is 79.0 Å². The second-order valence-corrected chi connectivity index (χ2v) is 25.2. The standard InChI is InChI=1S/C63H72N12O9S/c1-37(2)51(65-6)55(78)71-49(12-10-22-67-57(64)81)54(77)69-42-18-14-39(15-19-42)29-83-59(82)74(7)23-24-84-63-33-60(4)30-61(5,34-63)32-62(31-60,35-63)36-75-38(3)45(28-68-75)43-20-21-47(70-52(43)56(79)80)40-16-17-41-26-66-27-46(44(41)25-40)53(76)73-58-72-48-11-8-9-13-50(48)85-58/h8-9,11,13-21,25-28,49,51,65H,1,10,12,22-24,29-36H2,2-7H3,(H,69,77)(H,71,78)(H,79,80)(H3,64,67,81)(H,72,73,76)/t49-,51-,60?,61?,62?,63?/m0/s1. The van der Waals surface area contributed by atoms with Crippen molar-refractivity contribution in [2.24, 2.45) is 22.0 Å². The van der Waals surface area contributed by atoms with Gasteiger partial charge in [-0.3, -0.25) is 29.4 Å². The van der Waals surface area contributed by atoms with E-state index in [0.29, 0.717) is 81.4 Å². The number of amides is 6. The van der Waals surface area contributed by atoms with Crippen LogP contribution in [0.15, 0.2) is 110 Å². The van der Waals surface area contributed by atoms with E-state index in [1.54, 1.807) is 69.8 Å². The molecule has 4 aliphatic carbocycles. The van der Waals surface area contributed by atoms with Gasteiger partial charge in [0.25, 0.3) is 5.91 Å². The van der Waals surface area contributed by atoms with Gasteiger partial charge in [0.15, 0.2) is 10.8 Å². The van der Waals surface area contributed by atoms with Gasteiger partial charge < -0.3 is 46.5 Å². The number of anilines is 2. The highest BCUT2D eigenvalue weighted by atomic mass is 32.1. The average Bonchev–Trinajstić information content (AvgIpc) is 1.78. The van der Waals surface area contributed by atoms with Gasteiger partial charge in [0.2, 0.25) is 11.8 Å². The fourth-order valence-electron chi connectivity index (χ4n) is 14.2. The number of nitrogens with one attached hydrogen (secondary N) is 5. The number of para-hydroxylation sites is 1. The monoisotopic (exact) mass is 1170 g/mol. The zero-order valence-electron chi connectivity index (χ0n) is 48.7. The van der Waals surface area contributed by atoms with Gasteiger partial charge in [0, 0.05) is 72.5 Å². The van der Waals surface area contributed by atoms with Gasteiger partial charge in [-0.15, -0.1) is 0 Å². The minimum Gasteiger partial charge on any atom is -0.476 e. The summed E-state index contributed by atoms with van der Waals surface area (Å²) in [6.07, 6.45) is 10.8. The molecule has 0 saturated heterocycles. The Balaban J connectivity index is 0.760. The number of carboxylic acids is 1. The molecule has 8 N–H and O–H groups in total. The van der Waals surface area contributed by atoms with Gasteiger partial charge in [-0.05, 0) is 142 Å². The number of nitrogens with two attached hydrogens (primary N) is 1. The van der Waals surface area contributed by atoms with Crippen molar-refractivity contribution in [1.29, 1.82) is 0 Å². The highest BCUT2D eigenvalue weighted by Gasteiger charge is 2.66. The normalized spacial score (nSPS) is 21.0. The quantitative estimate of drug-likeness (QED) is 0.0232. The topological polar surface area (TPSA) is 287 Å². The molecule has 2 unspecified atom stereocenters.